The maximum atomic E-state index is 11.8. The lowest BCUT2D eigenvalue weighted by molar-refractivity contribution is -0.432. The molecule has 0 bridgehead atoms. The van der Waals surface area contributed by atoms with Crippen molar-refractivity contribution in [2.45, 2.75) is 42.7 Å². The Balaban J connectivity index is 2.39. The van der Waals surface area contributed by atoms with Gasteiger partial charge in [-0.1, -0.05) is 5.04 Å². The fraction of sp³-hybridized carbons (Fsp3) is 0.727. The smallest absolute Gasteiger partial charge is 0.269 e. The molecule has 1 fully saturated rings. The van der Waals surface area contributed by atoms with Gasteiger partial charge < -0.3 is 0 Å². The summed E-state index contributed by atoms with van der Waals surface area (Å²) in [6, 6.07) is 0.633. The van der Waals surface area contributed by atoms with Gasteiger partial charge in [-0.25, -0.2) is 18.4 Å². The molecule has 3 atom stereocenters. The van der Waals surface area contributed by atoms with Gasteiger partial charge in [0.1, 0.15) is 11.1 Å². The third kappa shape index (κ3) is 5.54. The summed E-state index contributed by atoms with van der Waals surface area (Å²) in [7, 11) is -8.00. The minimum atomic E-state index is -4.39. The number of aryl methyl sites for hydroxylation is 1. The molecule has 3 N–H and O–H groups in total. The summed E-state index contributed by atoms with van der Waals surface area (Å²) in [6.45, 7) is 1.63. The molecule has 1 aromatic rings. The Hall–Kier alpha value is -0.900. The van der Waals surface area contributed by atoms with Gasteiger partial charge in [0.2, 0.25) is 10.0 Å². The monoisotopic (exact) mass is 417 g/mol. The first-order valence-electron chi connectivity index (χ1n) is 7.15. The lowest BCUT2D eigenvalue weighted by atomic mass is 9.94. The van der Waals surface area contributed by atoms with Crippen molar-refractivity contribution in [3.05, 3.63) is 11.8 Å². The van der Waals surface area contributed by atoms with Crippen molar-refractivity contribution in [3.63, 3.8) is 0 Å². The largest absolute Gasteiger partial charge is 0.285 e. The second-order valence-corrected chi connectivity index (χ2v) is 10.2. The Labute approximate surface area is 149 Å². The van der Waals surface area contributed by atoms with E-state index in [4.69, 9.17) is 5.26 Å². The minimum absolute atomic E-state index is 0.101. The Morgan fingerprint density at radius 3 is 2.60 bits per heavy atom. The van der Waals surface area contributed by atoms with E-state index in [1.54, 1.807) is 6.92 Å². The fourth-order valence-corrected chi connectivity index (χ4v) is 5.13. The third-order valence-corrected chi connectivity index (χ3v) is 6.49. The van der Waals surface area contributed by atoms with Gasteiger partial charge in [0.05, 0.1) is 18.0 Å². The van der Waals surface area contributed by atoms with Gasteiger partial charge in [-0.05, 0) is 26.2 Å². The maximum Gasteiger partial charge on any atom is 0.269 e. The SMILES string of the molecule is Cc1cc(NS(C)(=O)=O)n(C2CC(SOOO)CCC2S(=O)(=O)O)n1. The molecule has 0 saturated heterocycles. The highest BCUT2D eigenvalue weighted by Crippen LogP contribution is 2.39. The number of sulfonamides is 1. The van der Waals surface area contributed by atoms with Crippen LogP contribution in [0.25, 0.3) is 0 Å². The van der Waals surface area contributed by atoms with E-state index in [9.17, 15) is 21.4 Å². The van der Waals surface area contributed by atoms with E-state index in [-0.39, 0.29) is 23.9 Å². The van der Waals surface area contributed by atoms with Crippen LogP contribution in [0.2, 0.25) is 0 Å². The average molecular weight is 417 g/mol. The molecule has 2 rings (SSSR count). The average Bonchev–Trinajstić information content (AvgIpc) is 2.82. The van der Waals surface area contributed by atoms with Gasteiger partial charge in [-0.2, -0.15) is 13.5 Å². The summed E-state index contributed by atoms with van der Waals surface area (Å²) in [5.74, 6) is 0.101. The molecule has 1 aliphatic carbocycles. The van der Waals surface area contributed by atoms with Crippen molar-refractivity contribution in [1.29, 1.82) is 0 Å². The van der Waals surface area contributed by atoms with E-state index in [2.05, 4.69) is 19.2 Å². The number of aromatic nitrogens is 2. The predicted molar refractivity (Wildman–Crippen MR) is 89.8 cm³/mol. The standard InChI is InChI=1S/C11H19N3O8S3/c1-7-5-11(13-24(2,16)17)14(12-7)9-6-8(23-22-21-15)3-4-10(9)25(18,19)20/h5,8-10,13,15H,3-4,6H2,1-2H3,(H,18,19,20). The maximum absolute atomic E-state index is 11.8. The van der Waals surface area contributed by atoms with Gasteiger partial charge in [0.25, 0.3) is 10.1 Å². The zero-order valence-corrected chi connectivity index (χ0v) is 15.8. The van der Waals surface area contributed by atoms with E-state index in [1.807, 2.05) is 0 Å². The molecule has 0 aliphatic heterocycles. The number of nitrogens with one attached hydrogen (secondary N) is 1. The molecule has 1 aromatic heterocycles. The van der Waals surface area contributed by atoms with Crippen LogP contribution < -0.4 is 4.72 Å². The molecular weight excluding hydrogens is 398 g/mol. The van der Waals surface area contributed by atoms with Crippen molar-refractivity contribution in [2.24, 2.45) is 0 Å². The summed E-state index contributed by atoms with van der Waals surface area (Å²) in [5, 5.41) is 14.6. The molecule has 14 heteroatoms. The minimum Gasteiger partial charge on any atom is -0.285 e. The molecule has 0 amide bonds. The molecule has 144 valence electrons. The molecule has 11 nitrogen and oxygen atoms in total. The molecular formula is C11H19N3O8S3. The van der Waals surface area contributed by atoms with E-state index in [0.717, 1.165) is 18.3 Å². The molecule has 25 heavy (non-hydrogen) atoms. The molecule has 1 heterocycles. The first-order valence-corrected chi connectivity index (χ1v) is 11.3. The van der Waals surface area contributed by atoms with Gasteiger partial charge in [-0.3, -0.25) is 9.27 Å². The van der Waals surface area contributed by atoms with E-state index in [1.165, 1.54) is 10.7 Å². The van der Waals surface area contributed by atoms with Crippen LogP contribution >= 0.6 is 12.0 Å². The highest BCUT2D eigenvalue weighted by molar-refractivity contribution is 7.95. The molecule has 0 aromatic carbocycles. The van der Waals surface area contributed by atoms with Crippen molar-refractivity contribution in [3.8, 4) is 0 Å². The number of hydrogen-bond donors (Lipinski definition) is 3. The highest BCUT2D eigenvalue weighted by atomic mass is 32.2. The quantitative estimate of drug-likeness (QED) is 0.253. The van der Waals surface area contributed by atoms with Gasteiger partial charge in [-0.15, -0.1) is 4.33 Å². The van der Waals surface area contributed by atoms with Crippen LogP contribution in [0.15, 0.2) is 6.07 Å². The Morgan fingerprint density at radius 2 is 2.04 bits per heavy atom. The van der Waals surface area contributed by atoms with Crippen LogP contribution in [0.1, 0.15) is 31.0 Å². The van der Waals surface area contributed by atoms with Crippen molar-refractivity contribution in [2.75, 3.05) is 11.0 Å². The van der Waals surface area contributed by atoms with Crippen LogP contribution in [0.5, 0.6) is 0 Å². The zero-order chi connectivity index (χ0) is 18.8. The van der Waals surface area contributed by atoms with Gasteiger partial charge >= 0.3 is 0 Å². The van der Waals surface area contributed by atoms with Crippen LogP contribution in [0, 0.1) is 6.92 Å². The Kier molecular flexibility index (Phi) is 6.35. The van der Waals surface area contributed by atoms with Crippen LogP contribution in [-0.4, -0.2) is 53.2 Å². The molecule has 3 unspecified atom stereocenters. The summed E-state index contributed by atoms with van der Waals surface area (Å²) in [5.41, 5.74) is 0.477. The molecule has 0 spiro atoms. The number of rotatable bonds is 7. The lowest BCUT2D eigenvalue weighted by Crippen LogP contribution is -2.39. The van der Waals surface area contributed by atoms with Gasteiger partial charge in [0.15, 0.2) is 0 Å². The third-order valence-electron chi connectivity index (χ3n) is 3.76. The Morgan fingerprint density at radius 1 is 1.36 bits per heavy atom. The van der Waals surface area contributed by atoms with Crippen LogP contribution in [0.3, 0.4) is 0 Å². The molecule has 0 radical (unpaired) electrons. The number of nitrogens with zero attached hydrogens (tertiary/aromatic N) is 2. The van der Waals surface area contributed by atoms with Gasteiger partial charge in [0, 0.05) is 23.4 Å². The zero-order valence-electron chi connectivity index (χ0n) is 13.4. The molecule has 1 saturated carbocycles. The van der Waals surface area contributed by atoms with E-state index >= 15 is 0 Å². The topological polar surface area (TPSA) is 157 Å². The van der Waals surface area contributed by atoms with E-state index in [0.29, 0.717) is 12.1 Å². The number of hydrogen-bond acceptors (Lipinski definition) is 9. The summed E-state index contributed by atoms with van der Waals surface area (Å²) in [4.78, 5) is 0. The first kappa shape index (κ1) is 20.4. The second kappa shape index (κ2) is 7.77. The summed E-state index contributed by atoms with van der Waals surface area (Å²) in [6.07, 6.45) is 1.64. The predicted octanol–water partition coefficient (Wildman–Crippen LogP) is 0.982. The van der Waals surface area contributed by atoms with Crippen LogP contribution in [0.4, 0.5) is 5.82 Å². The fourth-order valence-electron chi connectivity index (χ4n) is 2.88. The molecule has 1 aliphatic rings. The first-order chi connectivity index (χ1) is 11.5. The van der Waals surface area contributed by atoms with Crippen molar-refractivity contribution in [1.82, 2.24) is 9.78 Å². The Bertz CT molecular complexity index is 807. The number of anilines is 1. The van der Waals surface area contributed by atoms with Crippen molar-refractivity contribution < 1.29 is 36.0 Å². The van der Waals surface area contributed by atoms with Crippen molar-refractivity contribution >= 4 is 38.0 Å². The van der Waals surface area contributed by atoms with Crippen LogP contribution in [-0.2, 0) is 29.5 Å². The van der Waals surface area contributed by atoms with E-state index < -0.39 is 31.4 Å². The lowest BCUT2D eigenvalue weighted by Gasteiger charge is -2.34. The summed E-state index contributed by atoms with van der Waals surface area (Å²) >= 11 is 0.806. The highest BCUT2D eigenvalue weighted by Gasteiger charge is 2.41. The summed E-state index contributed by atoms with van der Waals surface area (Å²) < 4.78 is 64.1. The second-order valence-electron chi connectivity index (χ2n) is 5.78. The normalized spacial score (nSPS) is 25.0.